The van der Waals surface area contributed by atoms with E-state index in [-0.39, 0.29) is 5.69 Å². The van der Waals surface area contributed by atoms with Crippen molar-refractivity contribution in [2.24, 2.45) is 11.8 Å². The van der Waals surface area contributed by atoms with Gasteiger partial charge >= 0.3 is 0 Å². The van der Waals surface area contributed by atoms with Crippen molar-refractivity contribution in [2.75, 3.05) is 11.9 Å². The van der Waals surface area contributed by atoms with Crippen molar-refractivity contribution in [1.29, 1.82) is 5.26 Å². The first-order valence-corrected chi connectivity index (χ1v) is 7.02. The van der Waals surface area contributed by atoms with Crippen molar-refractivity contribution in [3.05, 3.63) is 33.9 Å². The summed E-state index contributed by atoms with van der Waals surface area (Å²) in [5, 5.41) is 23.0. The Bertz CT molecular complexity index is 528. The molecule has 5 nitrogen and oxygen atoms in total. The maximum absolute atomic E-state index is 11.0. The van der Waals surface area contributed by atoms with E-state index in [1.54, 1.807) is 12.1 Å². The minimum Gasteiger partial charge on any atom is -0.379 e. The number of nitriles is 1. The topological polar surface area (TPSA) is 79.0 Å². The first-order valence-electron chi connectivity index (χ1n) is 7.02. The summed E-state index contributed by atoms with van der Waals surface area (Å²) >= 11 is 0. The molecule has 0 atom stereocenters. The van der Waals surface area contributed by atoms with E-state index in [1.807, 2.05) is 6.07 Å². The van der Waals surface area contributed by atoms with E-state index in [1.165, 1.54) is 31.7 Å². The summed E-state index contributed by atoms with van der Waals surface area (Å²) in [6.45, 7) is 3.04. The van der Waals surface area contributed by atoms with Crippen LogP contribution in [-0.2, 0) is 0 Å². The highest BCUT2D eigenvalue weighted by atomic mass is 16.6. The fourth-order valence-corrected chi connectivity index (χ4v) is 2.69. The van der Waals surface area contributed by atoms with E-state index in [4.69, 9.17) is 5.26 Å². The van der Waals surface area contributed by atoms with Gasteiger partial charge in [-0.2, -0.15) is 5.26 Å². The molecule has 1 aliphatic carbocycles. The molecule has 1 saturated carbocycles. The smallest absolute Gasteiger partial charge is 0.293 e. The number of hydrogen-bond donors (Lipinski definition) is 1. The Morgan fingerprint density at radius 3 is 2.70 bits per heavy atom. The van der Waals surface area contributed by atoms with Crippen molar-refractivity contribution < 1.29 is 4.92 Å². The third kappa shape index (κ3) is 3.47. The monoisotopic (exact) mass is 273 g/mol. The largest absolute Gasteiger partial charge is 0.379 e. The third-order valence-corrected chi connectivity index (χ3v) is 4.04. The quantitative estimate of drug-likeness (QED) is 0.670. The highest BCUT2D eigenvalue weighted by Gasteiger charge is 2.20. The lowest BCUT2D eigenvalue weighted by Gasteiger charge is -2.26. The van der Waals surface area contributed by atoms with Crippen LogP contribution in [0.15, 0.2) is 18.2 Å². The molecule has 1 aromatic rings. The standard InChI is InChI=1S/C15H19N3O2/c1-11-2-4-12(5-3-11)10-17-14-7-6-13(9-16)8-15(14)18(19)20/h6-8,11-12,17H,2-5,10H2,1H3. The first kappa shape index (κ1) is 14.3. The molecule has 2 rings (SSSR count). The van der Waals surface area contributed by atoms with Crippen LogP contribution in [-0.4, -0.2) is 11.5 Å². The van der Waals surface area contributed by atoms with Gasteiger partial charge in [0.25, 0.3) is 5.69 Å². The molecule has 0 bridgehead atoms. The van der Waals surface area contributed by atoms with Crippen LogP contribution in [0.3, 0.4) is 0 Å². The van der Waals surface area contributed by atoms with Crippen LogP contribution in [0, 0.1) is 33.3 Å². The van der Waals surface area contributed by atoms with E-state index >= 15 is 0 Å². The van der Waals surface area contributed by atoms with E-state index < -0.39 is 4.92 Å². The lowest BCUT2D eigenvalue weighted by Crippen LogP contribution is -2.20. The second kappa shape index (κ2) is 6.38. The van der Waals surface area contributed by atoms with Crippen LogP contribution >= 0.6 is 0 Å². The Morgan fingerprint density at radius 1 is 1.40 bits per heavy atom. The molecule has 0 aromatic heterocycles. The van der Waals surface area contributed by atoms with Gasteiger partial charge in [0.15, 0.2) is 0 Å². The van der Waals surface area contributed by atoms with Crippen LogP contribution in [0.5, 0.6) is 0 Å². The molecular formula is C15H19N3O2. The lowest BCUT2D eigenvalue weighted by molar-refractivity contribution is -0.384. The zero-order valence-corrected chi connectivity index (χ0v) is 11.6. The number of anilines is 1. The number of benzene rings is 1. The van der Waals surface area contributed by atoms with Gasteiger partial charge < -0.3 is 5.32 Å². The molecule has 0 saturated heterocycles. The number of hydrogen-bond acceptors (Lipinski definition) is 4. The van der Waals surface area contributed by atoms with Crippen LogP contribution in [0.25, 0.3) is 0 Å². The second-order valence-corrected chi connectivity index (χ2v) is 5.61. The molecule has 0 heterocycles. The highest BCUT2D eigenvalue weighted by molar-refractivity contribution is 5.64. The summed E-state index contributed by atoms with van der Waals surface area (Å²) in [5.74, 6) is 1.39. The lowest BCUT2D eigenvalue weighted by atomic mass is 9.83. The summed E-state index contributed by atoms with van der Waals surface area (Å²) in [6, 6.07) is 6.49. The van der Waals surface area contributed by atoms with Crippen molar-refractivity contribution >= 4 is 11.4 Å². The molecule has 0 unspecified atom stereocenters. The number of nitro benzene ring substituents is 1. The number of nitrogens with zero attached hydrogens (tertiary/aromatic N) is 2. The van der Waals surface area contributed by atoms with Crippen LogP contribution in [0.2, 0.25) is 0 Å². The molecule has 106 valence electrons. The molecule has 1 N–H and O–H groups in total. The number of nitro groups is 1. The summed E-state index contributed by atoms with van der Waals surface area (Å²) in [6.07, 6.45) is 4.83. The Morgan fingerprint density at radius 2 is 2.10 bits per heavy atom. The molecule has 0 amide bonds. The highest BCUT2D eigenvalue weighted by Crippen LogP contribution is 2.30. The Kier molecular flexibility index (Phi) is 4.57. The predicted molar refractivity (Wildman–Crippen MR) is 77.4 cm³/mol. The molecule has 0 spiro atoms. The van der Waals surface area contributed by atoms with Gasteiger partial charge in [-0.3, -0.25) is 10.1 Å². The van der Waals surface area contributed by atoms with Gasteiger partial charge in [-0.05, 0) is 36.8 Å². The van der Waals surface area contributed by atoms with E-state index in [0.29, 0.717) is 17.2 Å². The minimum atomic E-state index is -0.438. The Hall–Kier alpha value is -2.09. The maximum Gasteiger partial charge on any atom is 0.293 e. The first-order chi connectivity index (χ1) is 9.60. The molecule has 1 aromatic carbocycles. The van der Waals surface area contributed by atoms with Gasteiger partial charge in [0.05, 0.1) is 16.6 Å². The fourth-order valence-electron chi connectivity index (χ4n) is 2.69. The van der Waals surface area contributed by atoms with Crippen molar-refractivity contribution in [3.63, 3.8) is 0 Å². The van der Waals surface area contributed by atoms with Crippen molar-refractivity contribution in [3.8, 4) is 6.07 Å². The summed E-state index contributed by atoms with van der Waals surface area (Å²) in [4.78, 5) is 10.6. The van der Waals surface area contributed by atoms with Crippen LogP contribution in [0.4, 0.5) is 11.4 Å². The zero-order chi connectivity index (χ0) is 14.5. The SMILES string of the molecule is CC1CCC(CNc2ccc(C#N)cc2[N+](=O)[O-])CC1. The third-order valence-electron chi connectivity index (χ3n) is 4.04. The molecule has 0 radical (unpaired) electrons. The summed E-state index contributed by atoms with van der Waals surface area (Å²) in [5.41, 5.74) is 0.801. The molecule has 1 fully saturated rings. The van der Waals surface area contributed by atoms with Gasteiger partial charge in [0, 0.05) is 12.6 Å². The Balaban J connectivity index is 2.02. The molecule has 0 aliphatic heterocycles. The van der Waals surface area contributed by atoms with Crippen molar-refractivity contribution in [1.82, 2.24) is 0 Å². The van der Waals surface area contributed by atoms with Crippen molar-refractivity contribution in [2.45, 2.75) is 32.6 Å². The molecule has 5 heteroatoms. The fraction of sp³-hybridized carbons (Fsp3) is 0.533. The maximum atomic E-state index is 11.0. The van der Waals surface area contributed by atoms with Crippen LogP contribution < -0.4 is 5.32 Å². The second-order valence-electron chi connectivity index (χ2n) is 5.61. The van der Waals surface area contributed by atoms with Gasteiger partial charge in [-0.25, -0.2) is 0 Å². The van der Waals surface area contributed by atoms with Gasteiger partial charge in [0.2, 0.25) is 0 Å². The van der Waals surface area contributed by atoms with Gasteiger partial charge in [0.1, 0.15) is 5.69 Å². The van der Waals surface area contributed by atoms with Gasteiger partial charge in [-0.15, -0.1) is 0 Å². The van der Waals surface area contributed by atoms with Crippen LogP contribution in [0.1, 0.15) is 38.2 Å². The van der Waals surface area contributed by atoms with Gasteiger partial charge in [-0.1, -0.05) is 19.8 Å². The normalized spacial score (nSPS) is 22.0. The van der Waals surface area contributed by atoms with E-state index in [0.717, 1.165) is 12.5 Å². The minimum absolute atomic E-state index is 0.0202. The summed E-state index contributed by atoms with van der Waals surface area (Å²) < 4.78 is 0. The molecule has 1 aliphatic rings. The average Bonchev–Trinajstić information content (AvgIpc) is 2.46. The number of rotatable bonds is 4. The average molecular weight is 273 g/mol. The number of nitrogens with one attached hydrogen (secondary N) is 1. The van der Waals surface area contributed by atoms with E-state index in [9.17, 15) is 10.1 Å². The van der Waals surface area contributed by atoms with E-state index in [2.05, 4.69) is 12.2 Å². The zero-order valence-electron chi connectivity index (χ0n) is 11.6. The summed E-state index contributed by atoms with van der Waals surface area (Å²) in [7, 11) is 0. The molecule has 20 heavy (non-hydrogen) atoms. The molecular weight excluding hydrogens is 254 g/mol. The Labute approximate surface area is 118 Å². The predicted octanol–water partition coefficient (Wildman–Crippen LogP) is 3.70.